The molecule has 2 heterocycles. The number of carbonyl (C=O) groups is 1. The van der Waals surface area contributed by atoms with Crippen LogP contribution in [0.1, 0.15) is 24.3 Å². The van der Waals surface area contributed by atoms with Crippen molar-refractivity contribution in [3.8, 4) is 0 Å². The number of aromatic nitrogens is 1. The molecule has 17 heavy (non-hydrogen) atoms. The second-order valence-electron chi connectivity index (χ2n) is 4.25. The number of amides is 1. The van der Waals surface area contributed by atoms with E-state index in [0.29, 0.717) is 19.8 Å². The lowest BCUT2D eigenvalue weighted by Gasteiger charge is -2.33. The molecule has 5 heteroatoms. The highest BCUT2D eigenvalue weighted by Gasteiger charge is 2.26. The molecule has 1 aliphatic rings. The summed E-state index contributed by atoms with van der Waals surface area (Å²) in [5.74, 6) is 0.116. The highest BCUT2D eigenvalue weighted by atomic mass is 127. The van der Waals surface area contributed by atoms with Crippen LogP contribution in [0.25, 0.3) is 0 Å². The zero-order valence-corrected chi connectivity index (χ0v) is 12.3. The molecular weight excluding hydrogens is 331 g/mol. The predicted molar refractivity (Wildman–Crippen MR) is 74.1 cm³/mol. The van der Waals surface area contributed by atoms with Crippen LogP contribution in [0.3, 0.4) is 0 Å². The second kappa shape index (κ2) is 5.39. The lowest BCUT2D eigenvalue weighted by Crippen LogP contribution is -2.47. The van der Waals surface area contributed by atoms with E-state index in [1.165, 1.54) is 0 Å². The van der Waals surface area contributed by atoms with Crippen LogP contribution in [0.5, 0.6) is 0 Å². The number of aryl methyl sites for hydroxylation is 1. The molecule has 0 N–H and O–H groups in total. The maximum atomic E-state index is 12.4. The van der Waals surface area contributed by atoms with Crippen molar-refractivity contribution in [2.24, 2.45) is 0 Å². The monoisotopic (exact) mass is 348 g/mol. The third-order valence-corrected chi connectivity index (χ3v) is 3.64. The third-order valence-electron chi connectivity index (χ3n) is 3.05. The van der Waals surface area contributed by atoms with Crippen molar-refractivity contribution in [2.45, 2.75) is 26.4 Å². The van der Waals surface area contributed by atoms with E-state index in [1.807, 2.05) is 28.7 Å². The van der Waals surface area contributed by atoms with Gasteiger partial charge >= 0.3 is 0 Å². The van der Waals surface area contributed by atoms with E-state index < -0.39 is 0 Å². The Bertz CT molecular complexity index is 417. The molecule has 0 spiro atoms. The number of rotatable bonds is 2. The molecule has 1 atom stereocenters. The molecule has 1 unspecified atom stereocenters. The first-order chi connectivity index (χ1) is 8.13. The summed E-state index contributed by atoms with van der Waals surface area (Å²) in [6.45, 7) is 6.86. The van der Waals surface area contributed by atoms with E-state index in [2.05, 4.69) is 29.5 Å². The number of carbonyl (C=O) groups excluding carboxylic acids is 1. The largest absolute Gasteiger partial charge is 0.377 e. The Morgan fingerprint density at radius 1 is 1.65 bits per heavy atom. The average Bonchev–Trinajstić information content (AvgIpc) is 2.70. The second-order valence-corrected chi connectivity index (χ2v) is 5.50. The first-order valence-electron chi connectivity index (χ1n) is 5.88. The van der Waals surface area contributed by atoms with Crippen LogP contribution >= 0.6 is 22.6 Å². The van der Waals surface area contributed by atoms with Crippen molar-refractivity contribution < 1.29 is 9.53 Å². The van der Waals surface area contributed by atoms with Gasteiger partial charge in [0.2, 0.25) is 0 Å². The van der Waals surface area contributed by atoms with Crippen LogP contribution < -0.4 is 0 Å². The highest BCUT2D eigenvalue weighted by molar-refractivity contribution is 14.1. The lowest BCUT2D eigenvalue weighted by atomic mass is 10.2. The van der Waals surface area contributed by atoms with E-state index in [0.717, 1.165) is 15.8 Å². The molecule has 1 aliphatic heterocycles. The summed E-state index contributed by atoms with van der Waals surface area (Å²) >= 11 is 2.24. The molecule has 0 bridgehead atoms. The van der Waals surface area contributed by atoms with Crippen LogP contribution in [0, 0.1) is 3.57 Å². The maximum absolute atomic E-state index is 12.4. The summed E-state index contributed by atoms with van der Waals surface area (Å²) in [6, 6.07) is 2.11. The molecular formula is C12H17IN2O2. The normalized spacial score (nSPS) is 20.6. The molecule has 2 rings (SSSR count). The summed E-state index contributed by atoms with van der Waals surface area (Å²) in [7, 11) is 0. The first kappa shape index (κ1) is 12.9. The third kappa shape index (κ3) is 2.65. The van der Waals surface area contributed by atoms with Gasteiger partial charge in [-0.1, -0.05) is 0 Å². The topological polar surface area (TPSA) is 34.5 Å². The standard InChI is InChI=1S/C12H17IN2O2/c1-3-14-7-10(13)6-11(14)12(16)15-4-5-17-8-9(15)2/h6-7,9H,3-5,8H2,1-2H3. The van der Waals surface area contributed by atoms with Crippen molar-refractivity contribution in [3.05, 3.63) is 21.5 Å². The number of hydrogen-bond acceptors (Lipinski definition) is 2. The van der Waals surface area contributed by atoms with Gasteiger partial charge in [0.1, 0.15) is 5.69 Å². The fraction of sp³-hybridized carbons (Fsp3) is 0.583. The van der Waals surface area contributed by atoms with Crippen LogP contribution in [0.2, 0.25) is 0 Å². The van der Waals surface area contributed by atoms with Crippen molar-refractivity contribution in [3.63, 3.8) is 0 Å². The molecule has 94 valence electrons. The molecule has 0 saturated carbocycles. The quantitative estimate of drug-likeness (QED) is 0.766. The van der Waals surface area contributed by atoms with Crippen molar-refractivity contribution in [1.82, 2.24) is 9.47 Å². The van der Waals surface area contributed by atoms with E-state index in [4.69, 9.17) is 4.74 Å². The number of nitrogens with zero attached hydrogens (tertiary/aromatic N) is 2. The van der Waals surface area contributed by atoms with E-state index in [-0.39, 0.29) is 11.9 Å². The fourth-order valence-electron chi connectivity index (χ4n) is 2.09. The number of morpholine rings is 1. The Morgan fingerprint density at radius 3 is 3.06 bits per heavy atom. The van der Waals surface area contributed by atoms with Crippen molar-refractivity contribution in [2.75, 3.05) is 19.8 Å². The van der Waals surface area contributed by atoms with Crippen molar-refractivity contribution >= 4 is 28.5 Å². The van der Waals surface area contributed by atoms with Gasteiger partial charge in [0.25, 0.3) is 5.91 Å². The van der Waals surface area contributed by atoms with Crippen molar-refractivity contribution in [1.29, 1.82) is 0 Å². The smallest absolute Gasteiger partial charge is 0.270 e. The van der Waals surface area contributed by atoms with E-state index >= 15 is 0 Å². The Hall–Kier alpha value is -0.560. The molecule has 1 saturated heterocycles. The number of halogens is 1. The maximum Gasteiger partial charge on any atom is 0.270 e. The molecule has 1 aromatic rings. The summed E-state index contributed by atoms with van der Waals surface area (Å²) < 4.78 is 8.47. The summed E-state index contributed by atoms with van der Waals surface area (Å²) in [5, 5.41) is 0. The predicted octanol–water partition coefficient (Wildman–Crippen LogP) is 1.97. The summed E-state index contributed by atoms with van der Waals surface area (Å²) in [5.41, 5.74) is 0.783. The minimum atomic E-state index is 0.116. The lowest BCUT2D eigenvalue weighted by molar-refractivity contribution is 0.00302. The van der Waals surface area contributed by atoms with Crippen LogP contribution in [-0.2, 0) is 11.3 Å². The SMILES string of the molecule is CCn1cc(I)cc1C(=O)N1CCOCC1C. The molecule has 0 aromatic carbocycles. The number of ether oxygens (including phenoxy) is 1. The van der Waals surface area contributed by atoms with E-state index in [1.54, 1.807) is 0 Å². The van der Waals surface area contributed by atoms with Gasteiger partial charge in [-0.3, -0.25) is 4.79 Å². The van der Waals surface area contributed by atoms with E-state index in [9.17, 15) is 4.79 Å². The van der Waals surface area contributed by atoms with Gasteiger partial charge in [0, 0.05) is 22.9 Å². The zero-order chi connectivity index (χ0) is 12.4. The Balaban J connectivity index is 2.23. The van der Waals surface area contributed by atoms with Gasteiger partial charge in [-0.15, -0.1) is 0 Å². The Morgan fingerprint density at radius 2 is 2.41 bits per heavy atom. The van der Waals surface area contributed by atoms with Gasteiger partial charge < -0.3 is 14.2 Å². The molecule has 0 aliphatic carbocycles. The van der Waals surface area contributed by atoms with Gasteiger partial charge in [-0.05, 0) is 42.5 Å². The highest BCUT2D eigenvalue weighted by Crippen LogP contribution is 2.16. The molecule has 1 aromatic heterocycles. The van der Waals surface area contributed by atoms with Gasteiger partial charge in [-0.2, -0.15) is 0 Å². The fourth-order valence-corrected chi connectivity index (χ4v) is 2.72. The van der Waals surface area contributed by atoms with Crippen LogP contribution in [0.15, 0.2) is 12.3 Å². The van der Waals surface area contributed by atoms with Gasteiger partial charge in [-0.25, -0.2) is 0 Å². The first-order valence-corrected chi connectivity index (χ1v) is 6.95. The Kier molecular flexibility index (Phi) is 4.09. The summed E-state index contributed by atoms with van der Waals surface area (Å²) in [6.07, 6.45) is 2.01. The zero-order valence-electron chi connectivity index (χ0n) is 10.1. The molecule has 0 radical (unpaired) electrons. The van der Waals surface area contributed by atoms with Gasteiger partial charge in [0.05, 0.1) is 19.3 Å². The minimum absolute atomic E-state index is 0.116. The number of hydrogen-bond donors (Lipinski definition) is 0. The molecule has 1 amide bonds. The molecule has 1 fully saturated rings. The minimum Gasteiger partial charge on any atom is -0.377 e. The van der Waals surface area contributed by atoms with Crippen LogP contribution in [-0.4, -0.2) is 41.2 Å². The summed E-state index contributed by atoms with van der Waals surface area (Å²) in [4.78, 5) is 14.4. The average molecular weight is 348 g/mol. The Labute approximate surface area is 115 Å². The van der Waals surface area contributed by atoms with Gasteiger partial charge in [0.15, 0.2) is 0 Å². The van der Waals surface area contributed by atoms with Crippen LogP contribution in [0.4, 0.5) is 0 Å². The molecule has 4 nitrogen and oxygen atoms in total.